The summed E-state index contributed by atoms with van der Waals surface area (Å²) >= 11 is 0. The van der Waals surface area contributed by atoms with Crippen molar-refractivity contribution in [1.29, 1.82) is 0 Å². The molecule has 0 unspecified atom stereocenters. The van der Waals surface area contributed by atoms with Gasteiger partial charge in [0.15, 0.2) is 0 Å². The Labute approximate surface area is 63.8 Å². The summed E-state index contributed by atoms with van der Waals surface area (Å²) in [5, 5.41) is 1.02. The van der Waals surface area contributed by atoms with Crippen molar-refractivity contribution in [3.05, 3.63) is 30.3 Å². The van der Waals surface area contributed by atoms with E-state index in [9.17, 15) is 0 Å². The van der Waals surface area contributed by atoms with Gasteiger partial charge in [0.1, 0.15) is 5.58 Å². The molecule has 2 heterocycles. The molecule has 2 aromatic heterocycles. The molecule has 0 aliphatic heterocycles. The molecule has 3 nitrogen and oxygen atoms in total. The van der Waals surface area contributed by atoms with Gasteiger partial charge in [0.05, 0.1) is 12.0 Å². The van der Waals surface area contributed by atoms with Crippen LogP contribution < -0.4 is 5.73 Å². The Morgan fingerprint density at radius 3 is 3.27 bits per heavy atom. The van der Waals surface area contributed by atoms with Crippen LogP contribution in [0.3, 0.4) is 0 Å². The number of hydrogen-bond donors (Lipinski definition) is 1. The molecule has 11 heavy (non-hydrogen) atoms. The molecule has 0 aliphatic carbocycles. The van der Waals surface area contributed by atoms with Crippen LogP contribution in [0.25, 0.3) is 11.0 Å². The molecule has 56 valence electrons. The van der Waals surface area contributed by atoms with E-state index in [1.54, 1.807) is 12.5 Å². The van der Waals surface area contributed by atoms with Gasteiger partial charge < -0.3 is 10.2 Å². The predicted octanol–water partition coefficient (Wildman–Crippen LogP) is 1.29. The van der Waals surface area contributed by atoms with Gasteiger partial charge in [-0.1, -0.05) is 0 Å². The molecule has 0 saturated carbocycles. The van der Waals surface area contributed by atoms with Crippen molar-refractivity contribution in [2.24, 2.45) is 5.73 Å². The highest BCUT2D eigenvalue weighted by atomic mass is 16.3. The van der Waals surface area contributed by atoms with Crippen LogP contribution in [0.5, 0.6) is 0 Å². The van der Waals surface area contributed by atoms with E-state index < -0.39 is 0 Å². The van der Waals surface area contributed by atoms with Gasteiger partial charge >= 0.3 is 0 Å². The molecule has 3 heteroatoms. The maximum atomic E-state index is 5.41. The Morgan fingerprint density at radius 2 is 2.45 bits per heavy atom. The van der Waals surface area contributed by atoms with E-state index in [0.29, 0.717) is 6.54 Å². The second kappa shape index (κ2) is 2.36. The molecule has 0 radical (unpaired) electrons. The van der Waals surface area contributed by atoms with Crippen LogP contribution in [0.2, 0.25) is 0 Å². The van der Waals surface area contributed by atoms with Crippen LogP contribution in [0.1, 0.15) is 5.69 Å². The smallest absolute Gasteiger partial charge is 0.137 e. The highest BCUT2D eigenvalue weighted by Crippen LogP contribution is 2.14. The Balaban J connectivity index is 2.67. The second-order valence-electron chi connectivity index (χ2n) is 2.34. The lowest BCUT2D eigenvalue weighted by Crippen LogP contribution is -1.97. The summed E-state index contributed by atoms with van der Waals surface area (Å²) in [6.07, 6.45) is 3.41. The van der Waals surface area contributed by atoms with E-state index in [-0.39, 0.29) is 0 Å². The molecule has 0 bridgehead atoms. The topological polar surface area (TPSA) is 52.0 Å². The van der Waals surface area contributed by atoms with E-state index in [2.05, 4.69) is 4.98 Å². The molecule has 0 fully saturated rings. The van der Waals surface area contributed by atoms with E-state index in [4.69, 9.17) is 10.2 Å². The first-order valence-electron chi connectivity index (χ1n) is 3.42. The van der Waals surface area contributed by atoms with Crippen molar-refractivity contribution in [2.75, 3.05) is 0 Å². The lowest BCUT2D eigenvalue weighted by Gasteiger charge is -1.92. The number of fused-ring (bicyclic) bond motifs is 1. The Bertz CT molecular complexity index is 367. The van der Waals surface area contributed by atoms with E-state index in [0.717, 1.165) is 16.7 Å². The lowest BCUT2D eigenvalue weighted by molar-refractivity contribution is 0.614. The minimum atomic E-state index is 0.455. The zero-order valence-electron chi connectivity index (χ0n) is 5.95. The maximum Gasteiger partial charge on any atom is 0.137 e. The molecule has 0 saturated heterocycles. The van der Waals surface area contributed by atoms with Crippen molar-refractivity contribution in [3.63, 3.8) is 0 Å². The maximum absolute atomic E-state index is 5.41. The first kappa shape index (κ1) is 6.37. The summed E-state index contributed by atoms with van der Waals surface area (Å²) < 4.78 is 5.16. The highest BCUT2D eigenvalue weighted by molar-refractivity contribution is 5.75. The van der Waals surface area contributed by atoms with E-state index in [1.807, 2.05) is 12.1 Å². The zero-order valence-corrected chi connectivity index (χ0v) is 5.95. The van der Waals surface area contributed by atoms with Gasteiger partial charge in [0.25, 0.3) is 0 Å². The zero-order chi connectivity index (χ0) is 7.68. The van der Waals surface area contributed by atoms with E-state index in [1.165, 1.54) is 0 Å². The quantitative estimate of drug-likeness (QED) is 0.662. The third-order valence-corrected chi connectivity index (χ3v) is 1.60. The van der Waals surface area contributed by atoms with E-state index >= 15 is 0 Å². The van der Waals surface area contributed by atoms with Gasteiger partial charge in [-0.25, -0.2) is 0 Å². The normalized spacial score (nSPS) is 10.6. The van der Waals surface area contributed by atoms with Crippen LogP contribution in [0.15, 0.2) is 29.0 Å². The lowest BCUT2D eigenvalue weighted by atomic mass is 10.3. The molecule has 0 amide bonds. The molecule has 2 aromatic rings. The fourth-order valence-electron chi connectivity index (χ4n) is 1.01. The SMILES string of the molecule is NCc1cc2occc2cn1. The molecule has 0 aliphatic rings. The summed E-state index contributed by atoms with van der Waals surface area (Å²) in [6, 6.07) is 3.73. The van der Waals surface area contributed by atoms with Crippen LogP contribution in [-0.2, 0) is 6.54 Å². The third kappa shape index (κ3) is 0.991. The molecule has 0 atom stereocenters. The van der Waals surface area contributed by atoms with Gasteiger partial charge in [0.2, 0.25) is 0 Å². The molecular formula is C8H8N2O. The predicted molar refractivity (Wildman–Crippen MR) is 41.9 cm³/mol. The number of aromatic nitrogens is 1. The Hall–Kier alpha value is -1.35. The molecule has 2 rings (SSSR count). The fraction of sp³-hybridized carbons (Fsp3) is 0.125. The Morgan fingerprint density at radius 1 is 1.55 bits per heavy atom. The first-order chi connectivity index (χ1) is 5.40. The number of pyridine rings is 1. The van der Waals surface area contributed by atoms with Crippen LogP contribution in [-0.4, -0.2) is 4.98 Å². The van der Waals surface area contributed by atoms with Gasteiger partial charge in [-0.3, -0.25) is 4.98 Å². The van der Waals surface area contributed by atoms with Gasteiger partial charge in [0, 0.05) is 24.2 Å². The molecule has 2 N–H and O–H groups in total. The van der Waals surface area contributed by atoms with Crippen molar-refractivity contribution in [2.45, 2.75) is 6.54 Å². The van der Waals surface area contributed by atoms with Crippen molar-refractivity contribution >= 4 is 11.0 Å². The summed E-state index contributed by atoms with van der Waals surface area (Å²) in [5.41, 5.74) is 7.11. The summed E-state index contributed by atoms with van der Waals surface area (Å²) in [6.45, 7) is 0.455. The average molecular weight is 148 g/mol. The average Bonchev–Trinajstić information content (AvgIpc) is 2.50. The van der Waals surface area contributed by atoms with Gasteiger partial charge in [-0.2, -0.15) is 0 Å². The molecular weight excluding hydrogens is 140 g/mol. The molecule has 0 spiro atoms. The van der Waals surface area contributed by atoms with Crippen LogP contribution in [0.4, 0.5) is 0 Å². The third-order valence-electron chi connectivity index (χ3n) is 1.60. The number of furan rings is 1. The van der Waals surface area contributed by atoms with Crippen molar-refractivity contribution in [3.8, 4) is 0 Å². The van der Waals surface area contributed by atoms with Gasteiger partial charge in [-0.15, -0.1) is 0 Å². The van der Waals surface area contributed by atoms with Gasteiger partial charge in [-0.05, 0) is 6.07 Å². The highest BCUT2D eigenvalue weighted by Gasteiger charge is 1.97. The minimum absolute atomic E-state index is 0.455. The summed E-state index contributed by atoms with van der Waals surface area (Å²) in [4.78, 5) is 4.11. The number of hydrogen-bond acceptors (Lipinski definition) is 3. The monoisotopic (exact) mass is 148 g/mol. The molecule has 0 aromatic carbocycles. The number of nitrogens with zero attached hydrogens (tertiary/aromatic N) is 1. The second-order valence-corrected chi connectivity index (χ2v) is 2.34. The summed E-state index contributed by atoms with van der Waals surface area (Å²) in [5.74, 6) is 0. The summed E-state index contributed by atoms with van der Waals surface area (Å²) in [7, 11) is 0. The first-order valence-corrected chi connectivity index (χ1v) is 3.42. The Kier molecular flexibility index (Phi) is 1.36. The van der Waals surface area contributed by atoms with Crippen LogP contribution >= 0.6 is 0 Å². The standard InChI is InChI=1S/C8H8N2O/c9-4-7-3-8-6(5-10-7)1-2-11-8/h1-3,5H,4,9H2. The minimum Gasteiger partial charge on any atom is -0.464 e. The van der Waals surface area contributed by atoms with Crippen molar-refractivity contribution in [1.82, 2.24) is 4.98 Å². The van der Waals surface area contributed by atoms with Crippen molar-refractivity contribution < 1.29 is 4.42 Å². The fourth-order valence-corrected chi connectivity index (χ4v) is 1.01. The largest absolute Gasteiger partial charge is 0.464 e. The number of rotatable bonds is 1. The van der Waals surface area contributed by atoms with Crippen LogP contribution in [0, 0.1) is 0 Å². The number of nitrogens with two attached hydrogens (primary N) is 1.